The summed E-state index contributed by atoms with van der Waals surface area (Å²) in [7, 11) is 1.57. The summed E-state index contributed by atoms with van der Waals surface area (Å²) in [5, 5.41) is 9.52. The van der Waals surface area contributed by atoms with Crippen LogP contribution in [0.3, 0.4) is 0 Å². The van der Waals surface area contributed by atoms with Crippen LogP contribution in [0.5, 0.6) is 11.5 Å². The van der Waals surface area contributed by atoms with Crippen LogP contribution in [0.2, 0.25) is 0 Å². The van der Waals surface area contributed by atoms with Gasteiger partial charge in [-0.2, -0.15) is 0 Å². The molecule has 4 heteroatoms. The summed E-state index contributed by atoms with van der Waals surface area (Å²) >= 11 is 0. The van der Waals surface area contributed by atoms with Gasteiger partial charge in [-0.15, -0.1) is 0 Å². The lowest BCUT2D eigenvalue weighted by molar-refractivity contribution is 0.316. The van der Waals surface area contributed by atoms with Crippen molar-refractivity contribution in [3.8, 4) is 11.5 Å². The highest BCUT2D eigenvalue weighted by Crippen LogP contribution is 2.27. The molecular formula is C13H20N2O2. The lowest BCUT2D eigenvalue weighted by Crippen LogP contribution is -2.22. The number of hydrogen-bond acceptors (Lipinski definition) is 4. The summed E-state index contributed by atoms with van der Waals surface area (Å²) in [6, 6.07) is 5.52. The number of ether oxygens (including phenoxy) is 1. The Labute approximate surface area is 102 Å². The van der Waals surface area contributed by atoms with Crippen molar-refractivity contribution in [2.24, 2.45) is 11.7 Å². The van der Waals surface area contributed by atoms with E-state index in [-0.39, 0.29) is 5.75 Å². The minimum absolute atomic E-state index is 0.192. The van der Waals surface area contributed by atoms with Gasteiger partial charge in [-0.1, -0.05) is 6.07 Å². The van der Waals surface area contributed by atoms with Gasteiger partial charge < -0.3 is 15.6 Å². The molecule has 17 heavy (non-hydrogen) atoms. The van der Waals surface area contributed by atoms with Crippen molar-refractivity contribution >= 4 is 0 Å². The van der Waals surface area contributed by atoms with Gasteiger partial charge >= 0.3 is 0 Å². The van der Waals surface area contributed by atoms with Crippen LogP contribution in [-0.2, 0) is 6.54 Å². The lowest BCUT2D eigenvalue weighted by atomic mass is 10.1. The molecule has 1 unspecified atom stereocenters. The van der Waals surface area contributed by atoms with Gasteiger partial charge in [-0.25, -0.2) is 0 Å². The molecule has 0 aromatic heterocycles. The highest BCUT2D eigenvalue weighted by Gasteiger charge is 2.21. The normalized spacial score (nSPS) is 20.7. The second-order valence-corrected chi connectivity index (χ2v) is 4.63. The molecule has 0 radical (unpaired) electrons. The molecule has 2 rings (SSSR count). The van der Waals surface area contributed by atoms with E-state index in [1.54, 1.807) is 13.2 Å². The molecular weight excluding hydrogens is 216 g/mol. The predicted molar refractivity (Wildman–Crippen MR) is 67.1 cm³/mol. The molecule has 1 saturated heterocycles. The monoisotopic (exact) mass is 236 g/mol. The van der Waals surface area contributed by atoms with Crippen molar-refractivity contribution in [3.63, 3.8) is 0 Å². The van der Waals surface area contributed by atoms with Crippen LogP contribution >= 0.6 is 0 Å². The maximum absolute atomic E-state index is 9.52. The molecule has 4 nitrogen and oxygen atoms in total. The van der Waals surface area contributed by atoms with Gasteiger partial charge in [0.05, 0.1) is 7.11 Å². The number of phenolic OH excluding ortho intramolecular Hbond substituents is 1. The highest BCUT2D eigenvalue weighted by atomic mass is 16.5. The van der Waals surface area contributed by atoms with E-state index < -0.39 is 0 Å². The molecule has 94 valence electrons. The van der Waals surface area contributed by atoms with Crippen molar-refractivity contribution in [2.75, 3.05) is 26.7 Å². The Morgan fingerprint density at radius 2 is 2.35 bits per heavy atom. The predicted octanol–water partition coefficient (Wildman–Crippen LogP) is 1.18. The molecule has 1 aromatic carbocycles. The first-order valence-electron chi connectivity index (χ1n) is 6.01. The number of nitrogens with two attached hydrogens (primary N) is 1. The SMILES string of the molecule is COc1cc(CN2CCC(CN)C2)ccc1O. The summed E-state index contributed by atoms with van der Waals surface area (Å²) in [4.78, 5) is 2.39. The third kappa shape index (κ3) is 2.90. The quantitative estimate of drug-likeness (QED) is 0.824. The standard InChI is InChI=1S/C13H20N2O2/c1-17-13-6-10(2-3-12(13)16)8-15-5-4-11(7-14)9-15/h2-3,6,11,16H,4-5,7-9,14H2,1H3. The van der Waals surface area contributed by atoms with E-state index >= 15 is 0 Å². The molecule has 0 saturated carbocycles. The maximum atomic E-state index is 9.52. The van der Waals surface area contributed by atoms with Crippen LogP contribution in [0.25, 0.3) is 0 Å². The number of hydrogen-bond donors (Lipinski definition) is 2. The largest absolute Gasteiger partial charge is 0.504 e. The topological polar surface area (TPSA) is 58.7 Å². The fourth-order valence-corrected chi connectivity index (χ4v) is 2.33. The zero-order valence-corrected chi connectivity index (χ0v) is 10.2. The van der Waals surface area contributed by atoms with Crippen molar-refractivity contribution < 1.29 is 9.84 Å². The Kier molecular flexibility index (Phi) is 3.86. The Bertz CT molecular complexity index is 382. The summed E-state index contributed by atoms with van der Waals surface area (Å²) in [6.07, 6.45) is 1.19. The minimum atomic E-state index is 0.192. The molecule has 1 aliphatic rings. The zero-order chi connectivity index (χ0) is 12.3. The third-order valence-corrected chi connectivity index (χ3v) is 3.35. The van der Waals surface area contributed by atoms with Gasteiger partial charge in [0.2, 0.25) is 0 Å². The lowest BCUT2D eigenvalue weighted by Gasteiger charge is -2.16. The molecule has 1 fully saturated rings. The Morgan fingerprint density at radius 3 is 3.00 bits per heavy atom. The van der Waals surface area contributed by atoms with E-state index in [2.05, 4.69) is 4.90 Å². The van der Waals surface area contributed by atoms with Crippen molar-refractivity contribution in [1.82, 2.24) is 4.90 Å². The highest BCUT2D eigenvalue weighted by molar-refractivity contribution is 5.41. The number of nitrogens with zero attached hydrogens (tertiary/aromatic N) is 1. The number of phenols is 1. The van der Waals surface area contributed by atoms with Crippen LogP contribution in [0.4, 0.5) is 0 Å². The fourth-order valence-electron chi connectivity index (χ4n) is 2.33. The molecule has 1 atom stereocenters. The van der Waals surface area contributed by atoms with E-state index in [4.69, 9.17) is 10.5 Å². The van der Waals surface area contributed by atoms with Gasteiger partial charge in [0.15, 0.2) is 11.5 Å². The number of aromatic hydroxyl groups is 1. The molecule has 1 aliphatic heterocycles. The minimum Gasteiger partial charge on any atom is -0.504 e. The Balaban J connectivity index is 1.99. The van der Waals surface area contributed by atoms with Crippen LogP contribution in [0.15, 0.2) is 18.2 Å². The van der Waals surface area contributed by atoms with Gasteiger partial charge in [-0.05, 0) is 43.1 Å². The summed E-state index contributed by atoms with van der Waals surface area (Å²) < 4.78 is 5.10. The third-order valence-electron chi connectivity index (χ3n) is 3.35. The van der Waals surface area contributed by atoms with Crippen LogP contribution in [0, 0.1) is 5.92 Å². The van der Waals surface area contributed by atoms with Gasteiger partial charge in [0.1, 0.15) is 0 Å². The number of methoxy groups -OCH3 is 1. The molecule has 1 aromatic rings. The molecule has 0 amide bonds. The first-order valence-corrected chi connectivity index (χ1v) is 6.01. The number of benzene rings is 1. The van der Waals surface area contributed by atoms with E-state index in [0.717, 1.165) is 31.7 Å². The van der Waals surface area contributed by atoms with Crippen molar-refractivity contribution in [2.45, 2.75) is 13.0 Å². The van der Waals surface area contributed by atoms with E-state index in [9.17, 15) is 5.11 Å². The molecule has 0 bridgehead atoms. The van der Waals surface area contributed by atoms with E-state index in [1.165, 1.54) is 6.42 Å². The number of rotatable bonds is 4. The Morgan fingerprint density at radius 1 is 1.53 bits per heavy atom. The van der Waals surface area contributed by atoms with E-state index in [1.807, 2.05) is 12.1 Å². The average Bonchev–Trinajstić information content (AvgIpc) is 2.79. The average molecular weight is 236 g/mol. The number of likely N-dealkylation sites (tertiary alicyclic amines) is 1. The summed E-state index contributed by atoms with van der Waals surface area (Å²) in [6.45, 7) is 3.84. The molecule has 3 N–H and O–H groups in total. The van der Waals surface area contributed by atoms with Gasteiger partial charge in [-0.3, -0.25) is 4.90 Å². The fraction of sp³-hybridized carbons (Fsp3) is 0.538. The molecule has 1 heterocycles. The molecule has 0 spiro atoms. The van der Waals surface area contributed by atoms with Crippen molar-refractivity contribution in [3.05, 3.63) is 23.8 Å². The van der Waals surface area contributed by atoms with Crippen LogP contribution < -0.4 is 10.5 Å². The first kappa shape index (κ1) is 12.2. The maximum Gasteiger partial charge on any atom is 0.160 e. The van der Waals surface area contributed by atoms with Crippen molar-refractivity contribution in [1.29, 1.82) is 0 Å². The Hall–Kier alpha value is -1.26. The second-order valence-electron chi connectivity index (χ2n) is 4.63. The summed E-state index contributed by atoms with van der Waals surface area (Å²) in [5.74, 6) is 1.36. The zero-order valence-electron chi connectivity index (χ0n) is 10.2. The molecule has 0 aliphatic carbocycles. The van der Waals surface area contributed by atoms with E-state index in [0.29, 0.717) is 11.7 Å². The second kappa shape index (κ2) is 5.38. The van der Waals surface area contributed by atoms with Crippen LogP contribution in [-0.4, -0.2) is 36.8 Å². The van der Waals surface area contributed by atoms with Gasteiger partial charge in [0, 0.05) is 13.1 Å². The summed E-state index contributed by atoms with van der Waals surface area (Å²) in [5.41, 5.74) is 6.84. The van der Waals surface area contributed by atoms with Crippen LogP contribution in [0.1, 0.15) is 12.0 Å². The van der Waals surface area contributed by atoms with Gasteiger partial charge in [0.25, 0.3) is 0 Å². The smallest absolute Gasteiger partial charge is 0.160 e. The first-order chi connectivity index (χ1) is 8.22.